The number of likely N-dealkylation sites (N-methyl/N-ethyl adjacent to an activating group) is 1. The van der Waals surface area contributed by atoms with Crippen LogP contribution in [-0.2, 0) is 0 Å². The molecule has 0 aromatic heterocycles. The van der Waals surface area contributed by atoms with Gasteiger partial charge >= 0.3 is 0 Å². The standard InChI is InChI=1S/C31H37FN6O2/c1-5-7-14-33-31(35-23-8-10-25(11-9-23)40-26-12-15-37(16-13-26)34-6-2)28-22(3)19-27-30(29(28)32)38-18-17-36(4)20-24(38)21-39-27/h6-15,19,24H,5,16-18,20-21H2,1-4H3,(H,33,35)/b14-7+,34-6-. The smallest absolute Gasteiger partial charge is 0.161 e. The maximum Gasteiger partial charge on any atom is 0.161 e. The Bertz CT molecular complexity index is 1360. The van der Waals surface area contributed by atoms with E-state index in [0.29, 0.717) is 41.7 Å². The van der Waals surface area contributed by atoms with E-state index < -0.39 is 0 Å². The highest BCUT2D eigenvalue weighted by Gasteiger charge is 2.36. The highest BCUT2D eigenvalue weighted by atomic mass is 19.1. The zero-order valence-electron chi connectivity index (χ0n) is 23.6. The molecule has 9 heteroatoms. The quantitative estimate of drug-likeness (QED) is 0.366. The fraction of sp³-hybridized carbons (Fsp3) is 0.355. The number of hydrogen-bond donors (Lipinski definition) is 1. The highest BCUT2D eigenvalue weighted by Crippen LogP contribution is 2.40. The fourth-order valence-electron chi connectivity index (χ4n) is 5.09. The molecule has 3 aliphatic rings. The van der Waals surface area contributed by atoms with E-state index in [1.165, 1.54) is 0 Å². The monoisotopic (exact) mass is 544 g/mol. The first-order valence-corrected chi connectivity index (χ1v) is 13.8. The number of allylic oxidation sites excluding steroid dienone is 2. The van der Waals surface area contributed by atoms with Crippen molar-refractivity contribution < 1.29 is 13.9 Å². The van der Waals surface area contributed by atoms with Crippen molar-refractivity contribution >= 4 is 23.4 Å². The van der Waals surface area contributed by atoms with Crippen molar-refractivity contribution in [3.8, 4) is 11.5 Å². The number of piperazine rings is 1. The van der Waals surface area contributed by atoms with E-state index in [9.17, 15) is 0 Å². The molecule has 0 amide bonds. The van der Waals surface area contributed by atoms with Crippen molar-refractivity contribution in [1.29, 1.82) is 0 Å². The van der Waals surface area contributed by atoms with E-state index >= 15 is 4.39 Å². The first kappa shape index (κ1) is 27.5. The summed E-state index contributed by atoms with van der Waals surface area (Å²) < 4.78 is 28.5. The van der Waals surface area contributed by atoms with Crippen LogP contribution in [0, 0.1) is 12.7 Å². The molecule has 0 bridgehead atoms. The third kappa shape index (κ3) is 6.04. The molecule has 3 aliphatic heterocycles. The number of hydrogen-bond acceptors (Lipinski definition) is 7. The molecule has 1 N–H and O–H groups in total. The summed E-state index contributed by atoms with van der Waals surface area (Å²) in [6.07, 6.45) is 12.0. The van der Waals surface area contributed by atoms with E-state index in [1.54, 1.807) is 12.4 Å². The van der Waals surface area contributed by atoms with Gasteiger partial charge in [-0.05, 0) is 75.4 Å². The van der Waals surface area contributed by atoms with Crippen molar-refractivity contribution in [1.82, 2.24) is 9.91 Å². The third-order valence-electron chi connectivity index (χ3n) is 7.10. The van der Waals surface area contributed by atoms with Gasteiger partial charge in [0.25, 0.3) is 0 Å². The van der Waals surface area contributed by atoms with Crippen LogP contribution in [0.3, 0.4) is 0 Å². The van der Waals surface area contributed by atoms with Crippen LogP contribution < -0.4 is 19.7 Å². The number of anilines is 2. The number of ether oxygens (including phenoxy) is 2. The molecule has 8 nitrogen and oxygen atoms in total. The van der Waals surface area contributed by atoms with Gasteiger partial charge in [-0.25, -0.2) is 9.38 Å². The second-order valence-corrected chi connectivity index (χ2v) is 10.1. The molecule has 2 aromatic carbocycles. The Morgan fingerprint density at radius 2 is 2.08 bits per heavy atom. The molecular weight excluding hydrogens is 507 g/mol. The fourth-order valence-corrected chi connectivity index (χ4v) is 5.09. The van der Waals surface area contributed by atoms with Crippen LogP contribution in [-0.4, -0.2) is 67.8 Å². The first-order valence-electron chi connectivity index (χ1n) is 13.8. The predicted molar refractivity (Wildman–Crippen MR) is 160 cm³/mol. The topological polar surface area (TPSA) is 64.9 Å². The molecule has 0 spiro atoms. The molecule has 2 aromatic rings. The van der Waals surface area contributed by atoms with Gasteiger partial charge in [0.15, 0.2) is 5.82 Å². The number of amidine groups is 1. The van der Waals surface area contributed by atoms with Gasteiger partial charge in [-0.2, -0.15) is 5.10 Å². The van der Waals surface area contributed by atoms with Gasteiger partial charge in [-0.3, -0.25) is 5.01 Å². The second-order valence-electron chi connectivity index (χ2n) is 10.1. The summed E-state index contributed by atoms with van der Waals surface area (Å²) in [4.78, 5) is 9.07. The summed E-state index contributed by atoms with van der Waals surface area (Å²) in [5.41, 5.74) is 2.51. The van der Waals surface area contributed by atoms with Gasteiger partial charge in [0.05, 0.1) is 18.2 Å². The van der Waals surface area contributed by atoms with E-state index in [1.807, 2.05) is 80.5 Å². The number of aliphatic imine (C=N–C) groups is 1. The molecule has 1 unspecified atom stereocenters. The molecule has 0 radical (unpaired) electrons. The highest BCUT2D eigenvalue weighted by molar-refractivity contribution is 6.10. The molecule has 1 saturated heterocycles. The number of halogens is 1. The van der Waals surface area contributed by atoms with Crippen molar-refractivity contribution in [2.24, 2.45) is 10.1 Å². The Hall–Kier alpha value is -4.11. The largest absolute Gasteiger partial charge is 0.489 e. The number of aryl methyl sites for hydroxylation is 1. The zero-order valence-corrected chi connectivity index (χ0v) is 23.6. The zero-order chi connectivity index (χ0) is 28.1. The number of nitrogens with one attached hydrogen (secondary N) is 1. The van der Waals surface area contributed by atoms with Gasteiger partial charge in [-0.1, -0.05) is 13.0 Å². The summed E-state index contributed by atoms with van der Waals surface area (Å²) in [6, 6.07) is 9.62. The lowest BCUT2D eigenvalue weighted by Crippen LogP contribution is -2.56. The lowest BCUT2D eigenvalue weighted by atomic mass is 10.0. The van der Waals surface area contributed by atoms with Crippen LogP contribution in [0.25, 0.3) is 0 Å². The maximum absolute atomic E-state index is 16.4. The molecule has 5 rings (SSSR count). The third-order valence-corrected chi connectivity index (χ3v) is 7.10. The Morgan fingerprint density at radius 1 is 1.25 bits per heavy atom. The molecule has 0 aliphatic carbocycles. The number of nitrogens with zero attached hydrogens (tertiary/aromatic N) is 5. The van der Waals surface area contributed by atoms with E-state index in [2.05, 4.69) is 32.3 Å². The number of benzene rings is 2. The van der Waals surface area contributed by atoms with Gasteiger partial charge < -0.3 is 24.6 Å². The normalized spacial score (nSPS) is 19.5. The Balaban J connectivity index is 1.39. The average molecular weight is 545 g/mol. The summed E-state index contributed by atoms with van der Waals surface area (Å²) in [5, 5.41) is 9.42. The summed E-state index contributed by atoms with van der Waals surface area (Å²) in [7, 11) is 2.09. The van der Waals surface area contributed by atoms with Crippen LogP contribution in [0.2, 0.25) is 0 Å². The molecule has 1 atom stereocenters. The molecule has 1 fully saturated rings. The lowest BCUT2D eigenvalue weighted by Gasteiger charge is -2.45. The minimum absolute atomic E-state index is 0.119. The summed E-state index contributed by atoms with van der Waals surface area (Å²) in [5.74, 6) is 2.19. The lowest BCUT2D eigenvalue weighted by molar-refractivity contribution is 0.186. The second kappa shape index (κ2) is 12.4. The molecule has 0 saturated carbocycles. The van der Waals surface area contributed by atoms with Gasteiger partial charge in [0.2, 0.25) is 0 Å². The Labute approximate surface area is 235 Å². The average Bonchev–Trinajstić information content (AvgIpc) is 2.95. The van der Waals surface area contributed by atoms with Crippen molar-refractivity contribution in [3.63, 3.8) is 0 Å². The predicted octanol–water partition coefficient (Wildman–Crippen LogP) is 5.53. The van der Waals surface area contributed by atoms with Crippen molar-refractivity contribution in [2.75, 3.05) is 50.1 Å². The summed E-state index contributed by atoms with van der Waals surface area (Å²) >= 11 is 0. The van der Waals surface area contributed by atoms with Gasteiger partial charge in [-0.15, -0.1) is 0 Å². The summed E-state index contributed by atoms with van der Waals surface area (Å²) in [6.45, 7) is 9.49. The van der Waals surface area contributed by atoms with Gasteiger partial charge in [0.1, 0.15) is 35.4 Å². The maximum atomic E-state index is 16.4. The van der Waals surface area contributed by atoms with Crippen LogP contribution in [0.5, 0.6) is 11.5 Å². The van der Waals surface area contributed by atoms with Crippen LogP contribution in [0.4, 0.5) is 15.8 Å². The number of rotatable bonds is 7. The van der Waals surface area contributed by atoms with E-state index in [4.69, 9.17) is 9.47 Å². The molecular formula is C31H37FN6O2. The van der Waals surface area contributed by atoms with E-state index in [-0.39, 0.29) is 11.9 Å². The molecule has 210 valence electrons. The molecule has 40 heavy (non-hydrogen) atoms. The Kier molecular flexibility index (Phi) is 8.50. The number of fused-ring (bicyclic) bond motifs is 3. The first-order chi connectivity index (χ1) is 19.5. The van der Waals surface area contributed by atoms with Crippen LogP contribution in [0.1, 0.15) is 31.4 Å². The van der Waals surface area contributed by atoms with E-state index in [0.717, 1.165) is 43.1 Å². The van der Waals surface area contributed by atoms with Crippen LogP contribution in [0.15, 0.2) is 76.8 Å². The minimum Gasteiger partial charge on any atom is -0.489 e. The number of hydrazone groups is 1. The van der Waals surface area contributed by atoms with Crippen molar-refractivity contribution in [3.05, 3.63) is 83.7 Å². The molecule has 3 heterocycles. The minimum atomic E-state index is -0.308. The van der Waals surface area contributed by atoms with Gasteiger partial charge in [0, 0.05) is 43.9 Å². The van der Waals surface area contributed by atoms with Crippen molar-refractivity contribution in [2.45, 2.75) is 33.2 Å². The SMILES string of the molecule is C/C=N\N1C=CC(Oc2ccc(NC(=N/C=C/CC)c3c(C)cc4c(c3F)N3CCN(C)CC3CO4)cc2)=CC1. The Morgan fingerprint density at radius 3 is 2.80 bits per heavy atom. The van der Waals surface area contributed by atoms with Crippen LogP contribution >= 0.6 is 0 Å².